The van der Waals surface area contributed by atoms with E-state index in [9.17, 15) is 14.9 Å². The van der Waals surface area contributed by atoms with Gasteiger partial charge in [0.15, 0.2) is 0 Å². The third-order valence-corrected chi connectivity index (χ3v) is 5.10. The summed E-state index contributed by atoms with van der Waals surface area (Å²) >= 11 is 6.19. The molecular weight excluding hydrogens is 408 g/mol. The van der Waals surface area contributed by atoms with Crippen LogP contribution in [-0.2, 0) is 11.3 Å². The van der Waals surface area contributed by atoms with E-state index in [1.807, 2.05) is 6.07 Å². The van der Waals surface area contributed by atoms with Gasteiger partial charge in [0, 0.05) is 34.4 Å². The highest BCUT2D eigenvalue weighted by Crippen LogP contribution is 2.28. The Morgan fingerprint density at radius 2 is 1.93 bits per heavy atom. The Morgan fingerprint density at radius 1 is 1.20 bits per heavy atom. The Hall–Kier alpha value is -3.76. The van der Waals surface area contributed by atoms with Gasteiger partial charge in [-0.2, -0.15) is 5.26 Å². The number of halogens is 1. The Morgan fingerprint density at radius 3 is 2.63 bits per heavy atom. The number of ether oxygens (including phenoxy) is 1. The molecule has 3 aromatic heterocycles. The number of esters is 1. The normalized spacial score (nSPS) is 10.9. The molecule has 0 aliphatic heterocycles. The van der Waals surface area contributed by atoms with E-state index in [2.05, 4.69) is 0 Å². The quantitative estimate of drug-likeness (QED) is 0.350. The Labute approximate surface area is 175 Å². The van der Waals surface area contributed by atoms with E-state index in [1.165, 1.54) is 6.07 Å². The lowest BCUT2D eigenvalue weighted by molar-refractivity contribution is 0.0471. The molecule has 150 valence electrons. The molecule has 0 atom stereocenters. The second-order valence-electron chi connectivity index (χ2n) is 6.68. The summed E-state index contributed by atoms with van der Waals surface area (Å²) in [5.41, 5.74) is 1.10. The number of fused-ring (bicyclic) bond motifs is 1. The van der Waals surface area contributed by atoms with Crippen LogP contribution in [0.5, 0.6) is 0 Å². The van der Waals surface area contributed by atoms with E-state index < -0.39 is 11.6 Å². The third-order valence-electron chi connectivity index (χ3n) is 4.69. The standard InChI is InChI=1S/C22H15ClN2O5/c1-12-7-18-15(9-17(12)23)14(8-19(26)30-18)11-28-22(27)20-13(2)29-21(16(20)10-24)25-5-3-4-6-25/h3-9H,11H2,1-2H3. The van der Waals surface area contributed by atoms with Gasteiger partial charge in [-0.25, -0.2) is 9.59 Å². The molecule has 3 heterocycles. The molecular formula is C22H15ClN2O5. The minimum atomic E-state index is -0.731. The van der Waals surface area contributed by atoms with Crippen LogP contribution in [0.15, 0.2) is 56.4 Å². The summed E-state index contributed by atoms with van der Waals surface area (Å²) in [6, 6.07) is 10.1. The van der Waals surface area contributed by atoms with Crippen molar-refractivity contribution in [3.63, 3.8) is 0 Å². The zero-order chi connectivity index (χ0) is 21.4. The highest BCUT2D eigenvalue weighted by Gasteiger charge is 2.26. The average molecular weight is 423 g/mol. The molecule has 0 aliphatic rings. The van der Waals surface area contributed by atoms with Gasteiger partial charge in [0.1, 0.15) is 35.1 Å². The number of carbonyl (C=O) groups excluding carboxylic acids is 1. The van der Waals surface area contributed by atoms with Crippen molar-refractivity contribution in [2.75, 3.05) is 0 Å². The third kappa shape index (κ3) is 3.38. The number of hydrogen-bond donors (Lipinski definition) is 0. The Balaban J connectivity index is 1.68. The summed E-state index contributed by atoms with van der Waals surface area (Å²) in [7, 11) is 0. The molecule has 0 aliphatic carbocycles. The summed E-state index contributed by atoms with van der Waals surface area (Å²) < 4.78 is 17.9. The molecule has 0 fully saturated rings. The molecule has 7 nitrogen and oxygen atoms in total. The molecule has 0 bridgehead atoms. The molecule has 0 radical (unpaired) electrons. The summed E-state index contributed by atoms with van der Waals surface area (Å²) in [5.74, 6) is -0.234. The molecule has 0 unspecified atom stereocenters. The molecule has 1 aromatic carbocycles. The average Bonchev–Trinajstić information content (AvgIpc) is 3.34. The summed E-state index contributed by atoms with van der Waals surface area (Å²) in [4.78, 5) is 24.7. The van der Waals surface area contributed by atoms with Crippen LogP contribution in [0.25, 0.3) is 16.9 Å². The molecule has 4 aromatic rings. The van der Waals surface area contributed by atoms with Crippen molar-refractivity contribution in [3.05, 3.63) is 86.2 Å². The number of furan rings is 1. The van der Waals surface area contributed by atoms with Crippen molar-refractivity contribution in [2.24, 2.45) is 0 Å². The van der Waals surface area contributed by atoms with Crippen LogP contribution in [0, 0.1) is 25.2 Å². The van der Waals surface area contributed by atoms with Gasteiger partial charge in [0.2, 0.25) is 5.88 Å². The number of hydrogen-bond acceptors (Lipinski definition) is 6. The van der Waals surface area contributed by atoms with Crippen molar-refractivity contribution in [1.82, 2.24) is 4.57 Å². The molecule has 0 N–H and O–H groups in total. The lowest BCUT2D eigenvalue weighted by Crippen LogP contribution is -2.10. The van der Waals surface area contributed by atoms with Crippen LogP contribution >= 0.6 is 11.6 Å². The maximum absolute atomic E-state index is 12.8. The molecule has 4 rings (SSSR count). The first-order valence-corrected chi connectivity index (χ1v) is 9.33. The predicted molar refractivity (Wildman–Crippen MR) is 109 cm³/mol. The van der Waals surface area contributed by atoms with Gasteiger partial charge in [-0.05, 0) is 43.7 Å². The zero-order valence-electron chi connectivity index (χ0n) is 16.1. The van der Waals surface area contributed by atoms with Crippen molar-refractivity contribution in [2.45, 2.75) is 20.5 Å². The van der Waals surface area contributed by atoms with E-state index in [0.717, 1.165) is 5.56 Å². The molecule has 8 heteroatoms. The van der Waals surface area contributed by atoms with Crippen LogP contribution in [-0.4, -0.2) is 10.5 Å². The number of carbonyl (C=O) groups is 1. The van der Waals surface area contributed by atoms with E-state index in [-0.39, 0.29) is 29.4 Å². The van der Waals surface area contributed by atoms with Crippen molar-refractivity contribution in [1.29, 1.82) is 5.26 Å². The van der Waals surface area contributed by atoms with Crippen molar-refractivity contribution >= 4 is 28.5 Å². The minimum Gasteiger partial charge on any atom is -0.457 e. The first-order chi connectivity index (χ1) is 14.4. The lowest BCUT2D eigenvalue weighted by Gasteiger charge is -2.08. The first-order valence-electron chi connectivity index (χ1n) is 8.96. The summed E-state index contributed by atoms with van der Waals surface area (Å²) in [6.07, 6.45) is 3.41. The maximum atomic E-state index is 12.8. The predicted octanol–water partition coefficient (Wildman–Crippen LogP) is 4.68. The van der Waals surface area contributed by atoms with Gasteiger partial charge >= 0.3 is 11.6 Å². The first kappa shape index (κ1) is 19.6. The SMILES string of the molecule is Cc1cc2oc(=O)cc(COC(=O)c3c(C)oc(-n4cccc4)c3C#N)c2cc1Cl. The fourth-order valence-corrected chi connectivity index (χ4v) is 3.38. The molecule has 0 saturated heterocycles. The van der Waals surface area contributed by atoms with E-state index in [4.69, 9.17) is 25.2 Å². The van der Waals surface area contributed by atoms with Gasteiger partial charge in [-0.15, -0.1) is 0 Å². The molecule has 0 amide bonds. The van der Waals surface area contributed by atoms with E-state index in [0.29, 0.717) is 21.6 Å². The smallest absolute Gasteiger partial charge is 0.343 e. The molecule has 0 saturated carbocycles. The van der Waals surface area contributed by atoms with Gasteiger partial charge in [-0.1, -0.05) is 11.6 Å². The number of benzene rings is 1. The second kappa shape index (κ2) is 7.58. The summed E-state index contributed by atoms with van der Waals surface area (Å²) in [6.45, 7) is 3.18. The van der Waals surface area contributed by atoms with E-state index >= 15 is 0 Å². The van der Waals surface area contributed by atoms with Gasteiger partial charge < -0.3 is 13.6 Å². The molecule has 30 heavy (non-hydrogen) atoms. The number of aryl methyl sites for hydroxylation is 2. The van der Waals surface area contributed by atoms with Crippen molar-refractivity contribution < 1.29 is 18.4 Å². The van der Waals surface area contributed by atoms with Gasteiger partial charge in [-0.3, -0.25) is 4.57 Å². The highest BCUT2D eigenvalue weighted by atomic mass is 35.5. The van der Waals surface area contributed by atoms with Crippen LogP contribution in [0.4, 0.5) is 0 Å². The minimum absolute atomic E-state index is 0.0438. The Kier molecular flexibility index (Phi) is 4.94. The topological polar surface area (TPSA) is 98.4 Å². The lowest BCUT2D eigenvalue weighted by atomic mass is 10.1. The van der Waals surface area contributed by atoms with Crippen LogP contribution in [0.2, 0.25) is 5.02 Å². The van der Waals surface area contributed by atoms with Gasteiger partial charge in [0.05, 0.1) is 0 Å². The highest BCUT2D eigenvalue weighted by molar-refractivity contribution is 6.32. The van der Waals surface area contributed by atoms with Crippen LogP contribution in [0.3, 0.4) is 0 Å². The fraction of sp³-hybridized carbons (Fsp3) is 0.136. The summed E-state index contributed by atoms with van der Waals surface area (Å²) in [5, 5.41) is 10.6. The largest absolute Gasteiger partial charge is 0.457 e. The number of nitriles is 1. The number of rotatable bonds is 4. The Bertz CT molecular complexity index is 1370. The van der Waals surface area contributed by atoms with E-state index in [1.54, 1.807) is 55.1 Å². The monoisotopic (exact) mass is 422 g/mol. The van der Waals surface area contributed by atoms with Gasteiger partial charge in [0.25, 0.3) is 0 Å². The maximum Gasteiger partial charge on any atom is 0.343 e. The fourth-order valence-electron chi connectivity index (χ4n) is 3.21. The zero-order valence-corrected chi connectivity index (χ0v) is 16.8. The van der Waals surface area contributed by atoms with Crippen LogP contribution in [0.1, 0.15) is 32.8 Å². The van der Waals surface area contributed by atoms with Crippen molar-refractivity contribution in [3.8, 4) is 12.0 Å². The number of aromatic nitrogens is 1. The molecule has 0 spiro atoms. The second-order valence-corrected chi connectivity index (χ2v) is 7.09. The van der Waals surface area contributed by atoms with Crippen LogP contribution < -0.4 is 5.63 Å². The number of nitrogens with zero attached hydrogens (tertiary/aromatic N) is 2.